The van der Waals surface area contributed by atoms with Gasteiger partial charge in [0.1, 0.15) is 6.07 Å². The fourth-order valence-electron chi connectivity index (χ4n) is 2.04. The lowest BCUT2D eigenvalue weighted by Crippen LogP contribution is -1.93. The molecule has 0 fully saturated rings. The Labute approximate surface area is 123 Å². The first kappa shape index (κ1) is 14.4. The highest BCUT2D eigenvalue weighted by atomic mass is 32.1. The van der Waals surface area contributed by atoms with E-state index in [-0.39, 0.29) is 0 Å². The highest BCUT2D eigenvalue weighted by Crippen LogP contribution is 2.30. The Hall–Kier alpha value is -2.05. The summed E-state index contributed by atoms with van der Waals surface area (Å²) in [5, 5.41) is 11.2. The Bertz CT molecular complexity index is 659. The van der Waals surface area contributed by atoms with Gasteiger partial charge in [-0.2, -0.15) is 5.26 Å². The summed E-state index contributed by atoms with van der Waals surface area (Å²) in [5.41, 5.74) is 4.41. The van der Waals surface area contributed by atoms with E-state index in [0.717, 1.165) is 11.1 Å². The molecule has 0 radical (unpaired) electrons. The van der Waals surface area contributed by atoms with E-state index in [4.69, 9.17) is 10.00 Å². The monoisotopic (exact) mass is 283 g/mol. The molecule has 0 spiro atoms. The number of benzene rings is 1. The van der Waals surface area contributed by atoms with Crippen molar-refractivity contribution in [2.75, 3.05) is 6.61 Å². The number of aryl methyl sites for hydroxylation is 1. The summed E-state index contributed by atoms with van der Waals surface area (Å²) in [7, 11) is 0. The van der Waals surface area contributed by atoms with Crippen molar-refractivity contribution >= 4 is 16.9 Å². The zero-order valence-corrected chi connectivity index (χ0v) is 12.8. The molecule has 0 saturated heterocycles. The molecular weight excluding hydrogens is 266 g/mol. The molecule has 102 valence electrons. The third kappa shape index (κ3) is 2.92. The molecule has 0 saturated carbocycles. The maximum atomic E-state index is 9.10. The Morgan fingerprint density at radius 3 is 2.45 bits per heavy atom. The molecule has 0 amide bonds. The molecule has 0 bridgehead atoms. The van der Waals surface area contributed by atoms with Gasteiger partial charge in [0.05, 0.1) is 6.61 Å². The summed E-state index contributed by atoms with van der Waals surface area (Å²) in [6, 6.07) is 12.5. The quantitative estimate of drug-likeness (QED) is 0.583. The summed E-state index contributed by atoms with van der Waals surface area (Å²) < 4.78 is 5.35. The van der Waals surface area contributed by atoms with Gasteiger partial charge in [-0.25, -0.2) is 0 Å². The number of hydrogen-bond donors (Lipinski definition) is 0. The first-order valence-electron chi connectivity index (χ1n) is 6.56. The largest absolute Gasteiger partial charge is 0.484 e. The molecule has 0 aliphatic heterocycles. The van der Waals surface area contributed by atoms with Crippen LogP contribution >= 0.6 is 11.3 Å². The third-order valence-corrected chi connectivity index (χ3v) is 4.24. The van der Waals surface area contributed by atoms with Gasteiger partial charge in [-0.05, 0) is 48.9 Å². The van der Waals surface area contributed by atoms with Gasteiger partial charge >= 0.3 is 0 Å². The number of nitrogens with zero attached hydrogens (tertiary/aromatic N) is 1. The molecule has 1 aromatic carbocycles. The van der Waals surface area contributed by atoms with Crippen LogP contribution in [0.4, 0.5) is 0 Å². The fraction of sp³-hybridized carbons (Fsp3) is 0.235. The van der Waals surface area contributed by atoms with Crippen molar-refractivity contribution < 1.29 is 4.74 Å². The van der Waals surface area contributed by atoms with Crippen molar-refractivity contribution in [2.45, 2.75) is 20.8 Å². The number of rotatable bonds is 4. The van der Waals surface area contributed by atoms with Crippen LogP contribution in [0.25, 0.3) is 16.0 Å². The lowest BCUT2D eigenvalue weighted by molar-refractivity contribution is 0.247. The minimum atomic E-state index is 0.396. The minimum absolute atomic E-state index is 0.396. The fourth-order valence-corrected chi connectivity index (χ4v) is 2.97. The van der Waals surface area contributed by atoms with Crippen LogP contribution in [0.5, 0.6) is 0 Å². The molecule has 0 aliphatic rings. The molecule has 2 nitrogen and oxygen atoms in total. The zero-order valence-electron chi connectivity index (χ0n) is 11.9. The molecule has 1 aromatic heterocycles. The summed E-state index contributed by atoms with van der Waals surface area (Å²) in [5.74, 6) is 0.396. The van der Waals surface area contributed by atoms with E-state index in [9.17, 15) is 0 Å². The second-order valence-electron chi connectivity index (χ2n) is 4.51. The minimum Gasteiger partial charge on any atom is -0.484 e. The van der Waals surface area contributed by atoms with Gasteiger partial charge in [0, 0.05) is 10.5 Å². The standard InChI is InChI=1S/C17H17NOS/c1-4-19-16(11-18)13(3)14-5-7-15(8-6-14)17-12(2)9-10-20-17/h5-10H,4H2,1-3H3. The second kappa shape index (κ2) is 6.40. The molecular formula is C17H17NOS. The van der Waals surface area contributed by atoms with Gasteiger partial charge < -0.3 is 4.74 Å². The maximum Gasteiger partial charge on any atom is 0.200 e. The Balaban J connectivity index is 2.34. The molecule has 0 atom stereocenters. The van der Waals surface area contributed by atoms with Crippen molar-refractivity contribution in [3.05, 3.63) is 52.6 Å². The molecule has 3 heteroatoms. The van der Waals surface area contributed by atoms with E-state index < -0.39 is 0 Å². The number of nitriles is 1. The molecule has 0 unspecified atom stereocenters. The third-order valence-electron chi connectivity index (χ3n) is 3.17. The average molecular weight is 283 g/mol. The zero-order chi connectivity index (χ0) is 14.5. The smallest absolute Gasteiger partial charge is 0.200 e. The van der Waals surface area contributed by atoms with Crippen LogP contribution < -0.4 is 0 Å². The SMILES string of the molecule is CCOC(C#N)=C(C)c1ccc(-c2sccc2C)cc1. The average Bonchev–Trinajstić information content (AvgIpc) is 2.90. The van der Waals surface area contributed by atoms with Crippen LogP contribution in [0.3, 0.4) is 0 Å². The summed E-state index contributed by atoms with van der Waals surface area (Å²) in [6.07, 6.45) is 0. The van der Waals surface area contributed by atoms with Gasteiger partial charge in [-0.15, -0.1) is 11.3 Å². The Kier molecular flexibility index (Phi) is 4.60. The van der Waals surface area contributed by atoms with Crippen molar-refractivity contribution in [3.63, 3.8) is 0 Å². The molecule has 2 aromatic rings. The van der Waals surface area contributed by atoms with E-state index >= 15 is 0 Å². The topological polar surface area (TPSA) is 33.0 Å². The van der Waals surface area contributed by atoms with Crippen LogP contribution in [0, 0.1) is 18.3 Å². The van der Waals surface area contributed by atoms with Crippen LogP contribution in [0.15, 0.2) is 41.5 Å². The van der Waals surface area contributed by atoms with Gasteiger partial charge in [-0.3, -0.25) is 0 Å². The highest BCUT2D eigenvalue weighted by molar-refractivity contribution is 7.13. The van der Waals surface area contributed by atoms with Crippen LogP contribution in [-0.2, 0) is 4.74 Å². The van der Waals surface area contributed by atoms with Crippen LogP contribution in [-0.4, -0.2) is 6.61 Å². The normalized spacial score (nSPS) is 11.7. The molecule has 0 N–H and O–H groups in total. The van der Waals surface area contributed by atoms with Crippen molar-refractivity contribution in [2.24, 2.45) is 0 Å². The van der Waals surface area contributed by atoms with Gasteiger partial charge in [0.25, 0.3) is 0 Å². The van der Waals surface area contributed by atoms with Crippen LogP contribution in [0.2, 0.25) is 0 Å². The van der Waals surface area contributed by atoms with Gasteiger partial charge in [0.2, 0.25) is 5.76 Å². The van der Waals surface area contributed by atoms with Gasteiger partial charge in [-0.1, -0.05) is 24.3 Å². The van der Waals surface area contributed by atoms with E-state index in [1.807, 2.05) is 26.0 Å². The van der Waals surface area contributed by atoms with Crippen LogP contribution in [0.1, 0.15) is 25.0 Å². The summed E-state index contributed by atoms with van der Waals surface area (Å²) in [6.45, 7) is 6.42. The number of ether oxygens (including phenoxy) is 1. The molecule has 1 heterocycles. The molecule has 20 heavy (non-hydrogen) atoms. The van der Waals surface area contributed by atoms with E-state index in [0.29, 0.717) is 12.4 Å². The van der Waals surface area contributed by atoms with E-state index in [2.05, 4.69) is 36.6 Å². The van der Waals surface area contributed by atoms with Crippen molar-refractivity contribution in [1.82, 2.24) is 0 Å². The van der Waals surface area contributed by atoms with E-state index in [1.165, 1.54) is 16.0 Å². The lowest BCUT2D eigenvalue weighted by atomic mass is 10.0. The van der Waals surface area contributed by atoms with E-state index in [1.54, 1.807) is 11.3 Å². The van der Waals surface area contributed by atoms with Gasteiger partial charge in [0.15, 0.2) is 0 Å². The molecule has 2 rings (SSSR count). The van der Waals surface area contributed by atoms with Crippen molar-refractivity contribution in [3.8, 4) is 16.5 Å². The molecule has 0 aliphatic carbocycles. The summed E-state index contributed by atoms with van der Waals surface area (Å²) in [4.78, 5) is 1.29. The number of allylic oxidation sites excluding steroid dienone is 2. The first-order chi connectivity index (χ1) is 9.67. The lowest BCUT2D eigenvalue weighted by Gasteiger charge is -2.07. The number of thiophene rings is 1. The predicted molar refractivity (Wildman–Crippen MR) is 84.3 cm³/mol. The predicted octanol–water partition coefficient (Wildman–Crippen LogP) is 5.01. The Morgan fingerprint density at radius 2 is 1.95 bits per heavy atom. The Morgan fingerprint density at radius 1 is 1.25 bits per heavy atom. The van der Waals surface area contributed by atoms with Crippen molar-refractivity contribution in [1.29, 1.82) is 5.26 Å². The summed E-state index contributed by atoms with van der Waals surface area (Å²) >= 11 is 1.75. The second-order valence-corrected chi connectivity index (χ2v) is 5.43. The highest BCUT2D eigenvalue weighted by Gasteiger charge is 2.07. The first-order valence-corrected chi connectivity index (χ1v) is 7.44. The number of hydrogen-bond acceptors (Lipinski definition) is 3. The maximum absolute atomic E-state index is 9.10.